The van der Waals surface area contributed by atoms with Gasteiger partial charge in [0.1, 0.15) is 0 Å². The number of fused-ring (bicyclic) bond motifs is 1. The Balaban J connectivity index is 1.61. The predicted molar refractivity (Wildman–Crippen MR) is 86.1 cm³/mol. The van der Waals surface area contributed by atoms with Crippen molar-refractivity contribution in [1.82, 2.24) is 9.80 Å². The Hall–Kier alpha value is -0.690. The van der Waals surface area contributed by atoms with E-state index in [4.69, 9.17) is 9.47 Å². The number of ether oxygens (including phenoxy) is 2. The molecular formula is C17H30N2O4. The normalized spacial score (nSPS) is 36.0. The summed E-state index contributed by atoms with van der Waals surface area (Å²) in [6, 6.07) is 0.302. The minimum Gasteiger partial charge on any atom is -0.389 e. The summed E-state index contributed by atoms with van der Waals surface area (Å²) < 4.78 is 11.8. The Morgan fingerprint density at radius 3 is 2.70 bits per heavy atom. The first-order chi connectivity index (χ1) is 11.0. The van der Waals surface area contributed by atoms with Gasteiger partial charge in [-0.3, -0.25) is 9.69 Å². The third-order valence-corrected chi connectivity index (χ3v) is 5.18. The Morgan fingerprint density at radius 2 is 2.00 bits per heavy atom. The van der Waals surface area contributed by atoms with Gasteiger partial charge in [-0.1, -0.05) is 0 Å². The first-order valence-corrected chi connectivity index (χ1v) is 8.88. The van der Waals surface area contributed by atoms with Gasteiger partial charge in [0.05, 0.1) is 37.9 Å². The maximum atomic E-state index is 11.9. The van der Waals surface area contributed by atoms with E-state index in [-0.39, 0.29) is 18.1 Å². The lowest BCUT2D eigenvalue weighted by Gasteiger charge is -2.44. The third kappa shape index (κ3) is 4.66. The van der Waals surface area contributed by atoms with E-state index < -0.39 is 6.10 Å². The number of nitrogens with zero attached hydrogens (tertiary/aromatic N) is 2. The molecule has 0 bridgehead atoms. The average Bonchev–Trinajstić information content (AvgIpc) is 3.29. The number of amides is 1. The van der Waals surface area contributed by atoms with Crippen molar-refractivity contribution in [2.24, 2.45) is 5.92 Å². The first-order valence-electron chi connectivity index (χ1n) is 8.88. The predicted octanol–water partition coefficient (Wildman–Crippen LogP) is 0.484. The van der Waals surface area contributed by atoms with E-state index in [1.165, 1.54) is 12.8 Å². The van der Waals surface area contributed by atoms with Crippen molar-refractivity contribution >= 4 is 5.91 Å². The van der Waals surface area contributed by atoms with Crippen LogP contribution in [0.4, 0.5) is 0 Å². The number of aliphatic hydroxyl groups is 1. The maximum absolute atomic E-state index is 11.9. The SMILES string of the molecule is CN(C)C(=O)C[C@@H]1CC[C@H]2[C@@H](COC[C@@H](O)CN2CC2CC2)O1. The minimum atomic E-state index is -0.414. The Bertz CT molecular complexity index is 413. The fourth-order valence-corrected chi connectivity index (χ4v) is 3.67. The molecule has 1 saturated carbocycles. The summed E-state index contributed by atoms with van der Waals surface area (Å²) in [4.78, 5) is 16.0. The number of hydrogen-bond donors (Lipinski definition) is 1. The fourth-order valence-electron chi connectivity index (χ4n) is 3.67. The van der Waals surface area contributed by atoms with E-state index in [1.54, 1.807) is 19.0 Å². The Labute approximate surface area is 138 Å². The van der Waals surface area contributed by atoms with Gasteiger partial charge in [0, 0.05) is 33.2 Å². The summed E-state index contributed by atoms with van der Waals surface area (Å²) >= 11 is 0. The Morgan fingerprint density at radius 1 is 1.22 bits per heavy atom. The molecule has 0 unspecified atom stereocenters. The molecule has 23 heavy (non-hydrogen) atoms. The second-order valence-corrected chi connectivity index (χ2v) is 7.52. The van der Waals surface area contributed by atoms with Gasteiger partial charge >= 0.3 is 0 Å². The van der Waals surface area contributed by atoms with Gasteiger partial charge in [0.15, 0.2) is 0 Å². The van der Waals surface area contributed by atoms with Gasteiger partial charge in [0.2, 0.25) is 5.91 Å². The second-order valence-electron chi connectivity index (χ2n) is 7.52. The standard InChI is InChI=1S/C17H30N2O4/c1-18(2)17(21)7-14-5-6-15-16(23-14)11-22-10-13(20)9-19(15)8-12-3-4-12/h12-16,20H,3-11H2,1-2H3/t13-,14-,15-,16+/m0/s1. The van der Waals surface area contributed by atoms with Gasteiger partial charge in [-0.2, -0.15) is 0 Å². The van der Waals surface area contributed by atoms with Crippen LogP contribution in [0.5, 0.6) is 0 Å². The zero-order chi connectivity index (χ0) is 16.4. The third-order valence-electron chi connectivity index (χ3n) is 5.18. The topological polar surface area (TPSA) is 62.2 Å². The number of carbonyl (C=O) groups is 1. The van der Waals surface area contributed by atoms with Crippen LogP contribution >= 0.6 is 0 Å². The monoisotopic (exact) mass is 326 g/mol. The van der Waals surface area contributed by atoms with Crippen LogP contribution < -0.4 is 0 Å². The molecule has 2 heterocycles. The molecule has 0 aromatic rings. The molecule has 0 radical (unpaired) electrons. The number of aliphatic hydroxyl groups excluding tert-OH is 1. The van der Waals surface area contributed by atoms with E-state index >= 15 is 0 Å². The van der Waals surface area contributed by atoms with Gasteiger partial charge in [0.25, 0.3) is 0 Å². The molecule has 2 saturated heterocycles. The molecule has 132 valence electrons. The van der Waals surface area contributed by atoms with Crippen molar-refractivity contribution in [2.75, 3.05) is 40.4 Å². The Kier molecular flexibility index (Phi) is 5.57. The van der Waals surface area contributed by atoms with Gasteiger partial charge in [-0.05, 0) is 31.6 Å². The van der Waals surface area contributed by atoms with Gasteiger partial charge < -0.3 is 19.5 Å². The minimum absolute atomic E-state index is 0.00922. The fraction of sp³-hybridized carbons (Fsp3) is 0.941. The molecule has 2 aliphatic heterocycles. The summed E-state index contributed by atoms with van der Waals surface area (Å²) in [5.41, 5.74) is 0. The molecule has 0 spiro atoms. The largest absolute Gasteiger partial charge is 0.389 e. The molecule has 0 aromatic carbocycles. The van der Waals surface area contributed by atoms with Crippen LogP contribution in [0.15, 0.2) is 0 Å². The molecule has 0 aromatic heterocycles. The van der Waals surface area contributed by atoms with Crippen LogP contribution in [0.1, 0.15) is 32.1 Å². The van der Waals surface area contributed by atoms with E-state index in [0.29, 0.717) is 32.2 Å². The van der Waals surface area contributed by atoms with Crippen molar-refractivity contribution in [2.45, 2.75) is 56.5 Å². The molecule has 3 aliphatic rings. The highest BCUT2D eigenvalue weighted by Crippen LogP contribution is 2.34. The van der Waals surface area contributed by atoms with Crippen molar-refractivity contribution < 1.29 is 19.4 Å². The molecule has 6 heteroatoms. The first kappa shape index (κ1) is 17.1. The number of hydrogen-bond acceptors (Lipinski definition) is 5. The zero-order valence-corrected chi connectivity index (χ0v) is 14.3. The summed E-state index contributed by atoms with van der Waals surface area (Å²) in [6.45, 7) is 2.61. The van der Waals surface area contributed by atoms with Crippen molar-refractivity contribution in [3.05, 3.63) is 0 Å². The molecule has 1 aliphatic carbocycles. The number of rotatable bonds is 4. The smallest absolute Gasteiger partial charge is 0.224 e. The van der Waals surface area contributed by atoms with Gasteiger partial charge in [-0.25, -0.2) is 0 Å². The van der Waals surface area contributed by atoms with Crippen molar-refractivity contribution in [1.29, 1.82) is 0 Å². The van der Waals surface area contributed by atoms with E-state index in [9.17, 15) is 9.90 Å². The quantitative estimate of drug-likeness (QED) is 0.814. The molecule has 1 amide bonds. The lowest BCUT2D eigenvalue weighted by atomic mass is 9.94. The van der Waals surface area contributed by atoms with Crippen molar-refractivity contribution in [3.8, 4) is 0 Å². The van der Waals surface area contributed by atoms with E-state index in [2.05, 4.69) is 4.90 Å². The molecular weight excluding hydrogens is 296 g/mol. The average molecular weight is 326 g/mol. The molecule has 1 N–H and O–H groups in total. The number of carbonyl (C=O) groups excluding carboxylic acids is 1. The molecule has 6 nitrogen and oxygen atoms in total. The lowest BCUT2D eigenvalue weighted by Crippen LogP contribution is -2.56. The van der Waals surface area contributed by atoms with E-state index in [1.807, 2.05) is 0 Å². The van der Waals surface area contributed by atoms with Crippen LogP contribution in [-0.4, -0.2) is 85.6 Å². The van der Waals surface area contributed by atoms with Crippen molar-refractivity contribution in [3.63, 3.8) is 0 Å². The zero-order valence-electron chi connectivity index (χ0n) is 14.3. The van der Waals surface area contributed by atoms with Crippen LogP contribution in [0.2, 0.25) is 0 Å². The highest BCUT2D eigenvalue weighted by Gasteiger charge is 2.39. The summed E-state index contributed by atoms with van der Waals surface area (Å²) in [5.74, 6) is 0.904. The van der Waals surface area contributed by atoms with Gasteiger partial charge in [-0.15, -0.1) is 0 Å². The summed E-state index contributed by atoms with van der Waals surface area (Å²) in [7, 11) is 3.57. The van der Waals surface area contributed by atoms with E-state index in [0.717, 1.165) is 25.3 Å². The molecule has 3 fully saturated rings. The summed E-state index contributed by atoms with van der Waals surface area (Å²) in [5, 5.41) is 10.1. The highest BCUT2D eigenvalue weighted by molar-refractivity contribution is 5.76. The van der Waals surface area contributed by atoms with Crippen LogP contribution in [-0.2, 0) is 14.3 Å². The second kappa shape index (κ2) is 7.47. The maximum Gasteiger partial charge on any atom is 0.224 e. The number of β-amino-alcohol motifs (C(OH)–C–C–N with tert-alkyl or cyclic N) is 1. The lowest BCUT2D eigenvalue weighted by molar-refractivity contribution is -0.159. The summed E-state index contributed by atoms with van der Waals surface area (Å²) in [6.07, 6.45) is 4.56. The highest BCUT2D eigenvalue weighted by atomic mass is 16.5. The molecule has 3 rings (SSSR count). The molecule has 4 atom stereocenters. The van der Waals surface area contributed by atoms with Crippen LogP contribution in [0.3, 0.4) is 0 Å². The van der Waals surface area contributed by atoms with Crippen LogP contribution in [0.25, 0.3) is 0 Å². The van der Waals surface area contributed by atoms with Crippen LogP contribution in [0, 0.1) is 5.92 Å².